The Balaban J connectivity index is 0.783. The Kier molecular flexibility index (Phi) is 13.3. The van der Waals surface area contributed by atoms with Crippen LogP contribution in [0.25, 0.3) is 33.6 Å². The molecule has 0 spiro atoms. The molecule has 68 heavy (non-hydrogen) atoms. The van der Waals surface area contributed by atoms with E-state index in [2.05, 4.69) is 79.8 Å². The maximum atomic E-state index is 14.3. The first-order valence-electron chi connectivity index (χ1n) is 24.5. The molecule has 4 atom stereocenters. The van der Waals surface area contributed by atoms with Gasteiger partial charge in [0.15, 0.2) is 0 Å². The van der Waals surface area contributed by atoms with Crippen molar-refractivity contribution in [3.8, 4) is 33.6 Å². The van der Waals surface area contributed by atoms with E-state index in [0.717, 1.165) is 133 Å². The van der Waals surface area contributed by atoms with E-state index in [0.29, 0.717) is 13.1 Å². The number of nitrogens with zero attached hydrogens (tertiary/aromatic N) is 4. The normalized spacial score (nSPS) is 19.5. The highest BCUT2D eigenvalue weighted by Crippen LogP contribution is 2.37. The van der Waals surface area contributed by atoms with E-state index in [4.69, 9.17) is 9.97 Å². The van der Waals surface area contributed by atoms with E-state index < -0.39 is 12.1 Å². The van der Waals surface area contributed by atoms with Crippen LogP contribution in [0.5, 0.6) is 0 Å². The molecule has 4 aromatic carbocycles. The number of aromatic amines is 2. The van der Waals surface area contributed by atoms with Gasteiger partial charge in [-0.25, -0.2) is 19.6 Å². The number of aromatic nitrogens is 4. The van der Waals surface area contributed by atoms with Crippen molar-refractivity contribution in [2.24, 2.45) is 0 Å². The van der Waals surface area contributed by atoms with Gasteiger partial charge in [0.2, 0.25) is 11.8 Å². The number of rotatable bonds is 13. The summed E-state index contributed by atoms with van der Waals surface area (Å²) in [6.07, 6.45) is 15.2. The lowest BCUT2D eigenvalue weighted by atomic mass is 10.0. The number of amides is 6. The number of likely N-dealkylation sites (tertiary alicyclic amines) is 2. The van der Waals surface area contributed by atoms with Crippen LogP contribution < -0.4 is 21.3 Å². The second-order valence-electron chi connectivity index (χ2n) is 18.8. The molecule has 2 aromatic heterocycles. The third kappa shape index (κ3) is 9.90. The van der Waals surface area contributed by atoms with E-state index in [1.165, 1.54) is 0 Å². The van der Waals surface area contributed by atoms with E-state index >= 15 is 0 Å². The largest absolute Gasteiger partial charge is 0.340 e. The maximum Gasteiger partial charge on any atom is 0.315 e. The fraction of sp³-hybridized carbons (Fsp3) is 0.370. The zero-order chi connectivity index (χ0) is 46.4. The molecule has 2 saturated heterocycles. The topological polar surface area (TPSA) is 180 Å². The van der Waals surface area contributed by atoms with Crippen molar-refractivity contribution >= 4 is 23.9 Å². The van der Waals surface area contributed by atoms with Crippen LogP contribution in [0.15, 0.2) is 122 Å². The molecular weight excluding hydrogens is 853 g/mol. The summed E-state index contributed by atoms with van der Waals surface area (Å²) in [5, 5.41) is 12.2. The molecule has 2 saturated carbocycles. The van der Waals surface area contributed by atoms with Gasteiger partial charge >= 0.3 is 12.1 Å². The van der Waals surface area contributed by atoms with Gasteiger partial charge in [0, 0.05) is 25.2 Å². The third-order valence-corrected chi connectivity index (χ3v) is 14.3. The van der Waals surface area contributed by atoms with Crippen LogP contribution in [0.1, 0.15) is 124 Å². The fourth-order valence-corrected chi connectivity index (χ4v) is 10.7. The van der Waals surface area contributed by atoms with Gasteiger partial charge in [-0.15, -0.1) is 0 Å². The molecule has 0 unspecified atom stereocenters. The number of hydrogen-bond acceptors (Lipinski definition) is 6. The molecule has 4 heterocycles. The van der Waals surface area contributed by atoms with Crippen molar-refractivity contribution < 1.29 is 19.2 Å². The lowest BCUT2D eigenvalue weighted by Gasteiger charge is -2.29. The van der Waals surface area contributed by atoms with Crippen LogP contribution in [-0.4, -0.2) is 78.8 Å². The summed E-state index contributed by atoms with van der Waals surface area (Å²) in [6.45, 7) is 1.17. The van der Waals surface area contributed by atoms with Gasteiger partial charge in [-0.2, -0.15) is 0 Å². The molecule has 10 rings (SSSR count). The molecule has 14 nitrogen and oxygen atoms in total. The Labute approximate surface area is 397 Å². The van der Waals surface area contributed by atoms with Crippen molar-refractivity contribution in [1.29, 1.82) is 0 Å². The van der Waals surface area contributed by atoms with Gasteiger partial charge in [0.05, 0.1) is 35.9 Å². The summed E-state index contributed by atoms with van der Waals surface area (Å²) >= 11 is 0. The van der Waals surface area contributed by atoms with Gasteiger partial charge in [0.1, 0.15) is 23.7 Å². The van der Waals surface area contributed by atoms with E-state index in [-0.39, 0.29) is 48.0 Å². The van der Waals surface area contributed by atoms with Crippen LogP contribution in [0.4, 0.5) is 9.59 Å². The predicted octanol–water partition coefficient (Wildman–Crippen LogP) is 9.43. The molecule has 14 heteroatoms. The standard InChI is InChI=1S/C54H60N10O4/c65-51(47(39-13-3-1-4-14-39)61-53(67)57-41-17-7-8-18-41)63-31-11-21-45(63)49-55-33-43(59-49)37-27-23-35(24-28-37)36-25-29-38(30-26-36)44-34-56-50(60-44)46-22-12-32-64(46)52(66)48(40-15-5-2-6-16-40)62-54(68)58-42-19-9-10-20-42/h1-6,13-16,23-30,33-34,41-42,45-48H,7-12,17-22,31-32H2,(H,55,59)(H,56,60)(H2,57,61,67)(H2,58,62,68)/t45-,46-,47+,48+/m0/s1. The third-order valence-electron chi connectivity index (χ3n) is 14.3. The molecule has 6 aromatic rings. The van der Waals surface area contributed by atoms with Crippen LogP contribution >= 0.6 is 0 Å². The summed E-state index contributed by atoms with van der Waals surface area (Å²) in [7, 11) is 0. The number of nitrogens with one attached hydrogen (secondary N) is 6. The quantitative estimate of drug-likeness (QED) is 0.0672. The van der Waals surface area contributed by atoms with Crippen LogP contribution in [-0.2, 0) is 9.59 Å². The van der Waals surface area contributed by atoms with Crippen LogP contribution in [0.2, 0.25) is 0 Å². The van der Waals surface area contributed by atoms with E-state index in [1.54, 1.807) is 0 Å². The number of carbonyl (C=O) groups is 4. The van der Waals surface area contributed by atoms with E-state index in [1.807, 2.05) is 82.9 Å². The first kappa shape index (κ1) is 44.6. The maximum absolute atomic E-state index is 14.3. The van der Waals surface area contributed by atoms with Crippen molar-refractivity contribution in [3.05, 3.63) is 144 Å². The number of urea groups is 2. The molecule has 4 aliphatic rings. The van der Waals surface area contributed by atoms with Gasteiger partial charge < -0.3 is 41.0 Å². The summed E-state index contributed by atoms with van der Waals surface area (Å²) in [5.74, 6) is 1.18. The Morgan fingerprint density at radius 3 is 1.22 bits per heavy atom. The van der Waals surface area contributed by atoms with Gasteiger partial charge in [0.25, 0.3) is 0 Å². The van der Waals surface area contributed by atoms with Crippen molar-refractivity contribution in [2.75, 3.05) is 13.1 Å². The van der Waals surface area contributed by atoms with Crippen LogP contribution in [0, 0.1) is 0 Å². The Hall–Kier alpha value is -7.22. The summed E-state index contributed by atoms with van der Waals surface area (Å²) in [5.41, 5.74) is 7.32. The fourth-order valence-electron chi connectivity index (χ4n) is 10.7. The zero-order valence-corrected chi connectivity index (χ0v) is 38.3. The molecule has 6 N–H and O–H groups in total. The number of benzene rings is 4. The monoisotopic (exact) mass is 912 g/mol. The van der Waals surface area contributed by atoms with E-state index in [9.17, 15) is 19.2 Å². The second kappa shape index (κ2) is 20.3. The molecule has 0 radical (unpaired) electrons. The average Bonchev–Trinajstić information content (AvgIpc) is 4.24. The minimum atomic E-state index is -0.809. The first-order valence-corrected chi connectivity index (χ1v) is 24.5. The van der Waals surface area contributed by atoms with Gasteiger partial charge in [-0.05, 0) is 84.7 Å². The Morgan fingerprint density at radius 1 is 0.471 bits per heavy atom. The summed E-state index contributed by atoms with van der Waals surface area (Å²) in [6, 6.07) is 33.2. The summed E-state index contributed by atoms with van der Waals surface area (Å²) < 4.78 is 0. The highest BCUT2D eigenvalue weighted by atomic mass is 16.2. The molecule has 0 bridgehead atoms. The number of hydrogen-bond donors (Lipinski definition) is 6. The highest BCUT2D eigenvalue weighted by Gasteiger charge is 2.39. The lowest BCUT2D eigenvalue weighted by molar-refractivity contribution is -0.135. The minimum absolute atomic E-state index is 0.141. The number of H-pyrrole nitrogens is 2. The average molecular weight is 913 g/mol. The number of imidazole rings is 2. The first-order chi connectivity index (χ1) is 33.3. The van der Waals surface area contributed by atoms with Crippen molar-refractivity contribution in [3.63, 3.8) is 0 Å². The molecular formula is C54H60N10O4. The predicted molar refractivity (Wildman–Crippen MR) is 261 cm³/mol. The smallest absolute Gasteiger partial charge is 0.315 e. The lowest BCUT2D eigenvalue weighted by Crippen LogP contribution is -2.48. The number of carbonyl (C=O) groups excluding carboxylic acids is 4. The van der Waals surface area contributed by atoms with Crippen molar-refractivity contribution in [2.45, 2.75) is 113 Å². The van der Waals surface area contributed by atoms with Crippen LogP contribution in [0.3, 0.4) is 0 Å². The minimum Gasteiger partial charge on any atom is -0.340 e. The van der Waals surface area contributed by atoms with Crippen molar-refractivity contribution in [1.82, 2.24) is 51.0 Å². The zero-order valence-electron chi connectivity index (χ0n) is 38.3. The molecule has 6 amide bonds. The molecule has 350 valence electrons. The molecule has 2 aliphatic heterocycles. The molecule has 4 fully saturated rings. The van der Waals surface area contributed by atoms with Gasteiger partial charge in [-0.3, -0.25) is 9.59 Å². The Morgan fingerprint density at radius 2 is 0.838 bits per heavy atom. The SMILES string of the molecule is O=C(NC1CCCC1)N[C@@H](C(=O)N1CCC[C@H]1c1ncc(-c2ccc(-c3ccc(-c4cnc([C@@H]5CCCN5C(=O)[C@H](NC(=O)NC5CCCC5)c5ccccc5)[nH]4)cc3)cc2)[nH]1)c1ccccc1. The molecule has 2 aliphatic carbocycles. The Bertz CT molecular complexity index is 2490. The van der Waals surface area contributed by atoms with Gasteiger partial charge in [-0.1, -0.05) is 135 Å². The summed E-state index contributed by atoms with van der Waals surface area (Å²) in [4.78, 5) is 75.1. The second-order valence-corrected chi connectivity index (χ2v) is 18.8. The highest BCUT2D eigenvalue weighted by molar-refractivity contribution is 5.90.